The molecule has 3 N–H and O–H groups in total. The molecule has 4 aromatic heterocycles. The second kappa shape index (κ2) is 10.6. The molecule has 2 saturated heterocycles. The first kappa shape index (κ1) is 26.7. The summed E-state index contributed by atoms with van der Waals surface area (Å²) in [5.74, 6) is -0.829. The molecule has 1 aromatic carbocycles. The van der Waals surface area contributed by atoms with Gasteiger partial charge in [0.25, 0.3) is 0 Å². The van der Waals surface area contributed by atoms with E-state index in [1.807, 2.05) is 4.90 Å². The van der Waals surface area contributed by atoms with Gasteiger partial charge in [-0.1, -0.05) is 11.3 Å². The highest BCUT2D eigenvalue weighted by atomic mass is 32.1. The first-order valence-electron chi connectivity index (χ1n) is 13.4. The van der Waals surface area contributed by atoms with Crippen molar-refractivity contribution in [1.82, 2.24) is 34.4 Å². The third-order valence-electron chi connectivity index (χ3n) is 7.58. The molecule has 0 bridgehead atoms. The van der Waals surface area contributed by atoms with E-state index in [9.17, 15) is 18.0 Å². The molecule has 12 nitrogen and oxygen atoms in total. The van der Waals surface area contributed by atoms with Gasteiger partial charge in [-0.2, -0.15) is 9.50 Å². The number of hydrogen-bond acceptors (Lipinski definition) is 11. The maximum atomic E-state index is 14.7. The highest BCUT2D eigenvalue weighted by Crippen LogP contribution is 2.31. The van der Waals surface area contributed by atoms with Crippen molar-refractivity contribution >= 4 is 39.0 Å². The molecule has 0 radical (unpaired) electrons. The summed E-state index contributed by atoms with van der Waals surface area (Å²) in [4.78, 5) is 25.7. The number of benzene rings is 1. The number of thiazole rings is 1. The zero-order valence-corrected chi connectivity index (χ0v) is 23.0. The van der Waals surface area contributed by atoms with Crippen LogP contribution >= 0.6 is 11.3 Å². The second-order valence-corrected chi connectivity index (χ2v) is 11.1. The van der Waals surface area contributed by atoms with Gasteiger partial charge in [0.05, 0.1) is 12.0 Å². The first-order chi connectivity index (χ1) is 20.4. The Balaban J connectivity index is 1.04. The van der Waals surface area contributed by atoms with Gasteiger partial charge in [0.15, 0.2) is 34.8 Å². The Morgan fingerprint density at radius 1 is 1.10 bits per heavy atom. The summed E-state index contributed by atoms with van der Waals surface area (Å²) >= 11 is 1.02. The Labute approximate surface area is 240 Å². The van der Waals surface area contributed by atoms with Crippen LogP contribution in [0.2, 0.25) is 0 Å². The fourth-order valence-corrected chi connectivity index (χ4v) is 6.28. The van der Waals surface area contributed by atoms with E-state index in [0.29, 0.717) is 66.8 Å². The summed E-state index contributed by atoms with van der Waals surface area (Å²) in [5.41, 5.74) is 7.23. The Hall–Kier alpha value is -4.15. The van der Waals surface area contributed by atoms with E-state index < -0.39 is 23.9 Å². The molecule has 42 heavy (non-hydrogen) atoms. The summed E-state index contributed by atoms with van der Waals surface area (Å²) in [6, 6.07) is 5.55. The standard InChI is InChI=1S/C26H26F3N9O3S/c27-14-10-15(28)19(41-20-13-31-12-16(20)29)11-17(14)36-6-3-35(4-7-36)5-8-37-23-21(42-26(37)39)24-32-22(18-2-1-9-40-18)34-38(24)25(30)33-23/h1-2,9-11,16,20,31H,3-8,12-13H2,(H2,30,33). The molecule has 0 spiro atoms. The highest BCUT2D eigenvalue weighted by Gasteiger charge is 2.30. The van der Waals surface area contributed by atoms with Gasteiger partial charge in [-0.3, -0.25) is 14.3 Å². The highest BCUT2D eigenvalue weighted by molar-refractivity contribution is 7.17. The van der Waals surface area contributed by atoms with Gasteiger partial charge in [-0.15, -0.1) is 5.10 Å². The number of alkyl halides is 1. The van der Waals surface area contributed by atoms with Crippen LogP contribution in [0.25, 0.3) is 27.6 Å². The lowest BCUT2D eigenvalue weighted by Gasteiger charge is -2.36. The molecular formula is C26H26F3N9O3S. The van der Waals surface area contributed by atoms with Gasteiger partial charge in [-0.25, -0.2) is 18.2 Å². The monoisotopic (exact) mass is 601 g/mol. The van der Waals surface area contributed by atoms with Crippen LogP contribution in [0, 0.1) is 11.6 Å². The van der Waals surface area contributed by atoms with Crippen LogP contribution in [0.1, 0.15) is 0 Å². The number of rotatable bonds is 7. The molecule has 2 unspecified atom stereocenters. The first-order valence-corrected chi connectivity index (χ1v) is 14.2. The largest absolute Gasteiger partial charge is 0.483 e. The average molecular weight is 602 g/mol. The van der Waals surface area contributed by atoms with Gasteiger partial charge >= 0.3 is 4.87 Å². The lowest BCUT2D eigenvalue weighted by molar-refractivity contribution is 0.134. The number of halogens is 3. The van der Waals surface area contributed by atoms with Crippen molar-refractivity contribution in [3.05, 3.63) is 51.8 Å². The number of nitrogens with zero attached hydrogens (tertiary/aromatic N) is 7. The van der Waals surface area contributed by atoms with E-state index in [2.05, 4.69) is 25.3 Å². The normalized spacial score (nSPS) is 19.8. The van der Waals surface area contributed by atoms with Crippen LogP contribution < -0.4 is 25.6 Å². The minimum absolute atomic E-state index is 0.0962. The summed E-state index contributed by atoms with van der Waals surface area (Å²) < 4.78 is 57.6. The predicted molar refractivity (Wildman–Crippen MR) is 150 cm³/mol. The maximum Gasteiger partial charge on any atom is 0.309 e. The molecule has 2 aliphatic rings. The van der Waals surface area contributed by atoms with Crippen molar-refractivity contribution in [2.24, 2.45) is 0 Å². The topological polar surface area (TPSA) is 132 Å². The minimum atomic E-state index is -1.26. The molecule has 2 aliphatic heterocycles. The number of nitrogens with two attached hydrogens (primary N) is 1. The van der Waals surface area contributed by atoms with Crippen LogP contribution in [0.5, 0.6) is 5.75 Å². The molecule has 2 fully saturated rings. The minimum Gasteiger partial charge on any atom is -0.483 e. The van der Waals surface area contributed by atoms with Crippen molar-refractivity contribution in [3.63, 3.8) is 0 Å². The third kappa shape index (κ3) is 4.74. The smallest absolute Gasteiger partial charge is 0.309 e. The molecule has 6 heterocycles. The van der Waals surface area contributed by atoms with Crippen LogP contribution in [-0.4, -0.2) is 87.1 Å². The van der Waals surface area contributed by atoms with E-state index >= 15 is 0 Å². The molecule has 0 aliphatic carbocycles. The molecule has 16 heteroatoms. The van der Waals surface area contributed by atoms with Gasteiger partial charge in [-0.05, 0) is 12.1 Å². The molecule has 2 atom stereocenters. The van der Waals surface area contributed by atoms with Gasteiger partial charge < -0.3 is 25.1 Å². The number of nitrogens with one attached hydrogen (secondary N) is 1. The molecule has 7 rings (SSSR count). The van der Waals surface area contributed by atoms with E-state index in [1.54, 1.807) is 16.7 Å². The van der Waals surface area contributed by atoms with E-state index in [-0.39, 0.29) is 35.3 Å². The van der Waals surface area contributed by atoms with Crippen LogP contribution in [0.3, 0.4) is 0 Å². The van der Waals surface area contributed by atoms with Crippen molar-refractivity contribution < 1.29 is 22.3 Å². The van der Waals surface area contributed by atoms with Crippen molar-refractivity contribution in [2.45, 2.75) is 18.8 Å². The van der Waals surface area contributed by atoms with Crippen molar-refractivity contribution in [1.29, 1.82) is 0 Å². The maximum absolute atomic E-state index is 14.7. The van der Waals surface area contributed by atoms with Gasteiger partial charge in [0.2, 0.25) is 11.8 Å². The van der Waals surface area contributed by atoms with Gasteiger partial charge in [0.1, 0.15) is 16.6 Å². The number of ether oxygens (including phenoxy) is 1. The number of furan rings is 1. The molecule has 0 amide bonds. The number of hydrogen-bond donors (Lipinski definition) is 2. The summed E-state index contributed by atoms with van der Waals surface area (Å²) in [6.45, 7) is 3.41. The summed E-state index contributed by atoms with van der Waals surface area (Å²) in [6.07, 6.45) is -0.566. The zero-order valence-electron chi connectivity index (χ0n) is 22.2. The summed E-state index contributed by atoms with van der Waals surface area (Å²) in [5, 5.41) is 7.23. The summed E-state index contributed by atoms with van der Waals surface area (Å²) in [7, 11) is 0. The van der Waals surface area contributed by atoms with Crippen LogP contribution in [0.15, 0.2) is 39.7 Å². The Bertz CT molecular complexity index is 1810. The Morgan fingerprint density at radius 2 is 1.93 bits per heavy atom. The van der Waals surface area contributed by atoms with Crippen LogP contribution in [-0.2, 0) is 6.54 Å². The number of aromatic nitrogens is 5. The van der Waals surface area contributed by atoms with E-state index in [1.165, 1.54) is 16.8 Å². The Kier molecular flexibility index (Phi) is 6.74. The number of nitrogen functional groups attached to an aromatic ring is 1. The van der Waals surface area contributed by atoms with E-state index in [0.717, 1.165) is 17.4 Å². The molecular weight excluding hydrogens is 575 g/mol. The van der Waals surface area contributed by atoms with Crippen LogP contribution in [0.4, 0.5) is 24.8 Å². The predicted octanol–water partition coefficient (Wildman–Crippen LogP) is 2.13. The SMILES string of the molecule is Nc1nc2c(sc(=O)n2CCN2CCN(c3cc(OC4CNCC4F)c(F)cc3F)CC2)c2nc(-c3ccco3)nn12. The van der Waals surface area contributed by atoms with Gasteiger partial charge in [0, 0.05) is 64.5 Å². The lowest BCUT2D eigenvalue weighted by Crippen LogP contribution is -2.47. The molecule has 220 valence electrons. The lowest BCUT2D eigenvalue weighted by atomic mass is 10.2. The fourth-order valence-electron chi connectivity index (χ4n) is 5.34. The zero-order chi connectivity index (χ0) is 29.0. The fraction of sp³-hybridized carbons (Fsp3) is 0.385. The van der Waals surface area contributed by atoms with Crippen molar-refractivity contribution in [2.75, 3.05) is 56.4 Å². The average Bonchev–Trinajstić information content (AvgIpc) is 3.77. The second-order valence-electron chi connectivity index (χ2n) is 10.2. The number of piperazine rings is 1. The Morgan fingerprint density at radius 3 is 2.67 bits per heavy atom. The van der Waals surface area contributed by atoms with Crippen molar-refractivity contribution in [3.8, 4) is 17.3 Å². The van der Waals surface area contributed by atoms with E-state index in [4.69, 9.17) is 14.9 Å². The third-order valence-corrected chi connectivity index (χ3v) is 8.54. The quantitative estimate of drug-likeness (QED) is 0.286. The molecule has 0 saturated carbocycles. The number of anilines is 2. The number of fused-ring (bicyclic) bond motifs is 3. The molecule has 5 aromatic rings.